The van der Waals surface area contributed by atoms with Crippen LogP contribution in [-0.4, -0.2) is 29.5 Å². The smallest absolute Gasteiger partial charge is 0.319 e. The van der Waals surface area contributed by atoms with Gasteiger partial charge in [0.25, 0.3) is 0 Å². The molecule has 1 aromatic rings. The predicted molar refractivity (Wildman–Crippen MR) is 81.7 cm³/mol. The van der Waals surface area contributed by atoms with E-state index in [1.807, 2.05) is 24.3 Å². The third-order valence-corrected chi connectivity index (χ3v) is 3.79. The summed E-state index contributed by atoms with van der Waals surface area (Å²) in [6.07, 6.45) is 2.06. The average molecular weight is 282 g/mol. The van der Waals surface area contributed by atoms with Gasteiger partial charge in [-0.05, 0) is 44.7 Å². The van der Waals surface area contributed by atoms with E-state index in [4.69, 9.17) is 5.11 Å². The Bertz CT molecular complexity index is 435. The summed E-state index contributed by atoms with van der Waals surface area (Å²) in [6, 6.07) is 7.47. The monoisotopic (exact) mass is 282 g/mol. The standard InChI is InChI=1S/C14H22N2O2S/c1-10(19-4)11-6-5-7-12(8-11)15-13(18)16-14(2,3)9-17/h5-8,10,17H,9H2,1-4H3,(H2,15,16,18). The van der Waals surface area contributed by atoms with Crippen molar-refractivity contribution in [1.82, 2.24) is 5.32 Å². The highest BCUT2D eigenvalue weighted by atomic mass is 32.2. The van der Waals surface area contributed by atoms with Crippen LogP contribution < -0.4 is 10.6 Å². The molecule has 19 heavy (non-hydrogen) atoms. The quantitative estimate of drug-likeness (QED) is 0.778. The second-order valence-corrected chi connectivity index (χ2v) is 6.30. The van der Waals surface area contributed by atoms with Crippen LogP contribution in [0, 0.1) is 0 Å². The van der Waals surface area contributed by atoms with Gasteiger partial charge >= 0.3 is 6.03 Å². The van der Waals surface area contributed by atoms with Crippen LogP contribution >= 0.6 is 11.8 Å². The number of hydrogen-bond donors (Lipinski definition) is 3. The number of amides is 2. The van der Waals surface area contributed by atoms with Gasteiger partial charge in [0.15, 0.2) is 0 Å². The number of rotatable bonds is 5. The Morgan fingerprint density at radius 2 is 2.16 bits per heavy atom. The van der Waals surface area contributed by atoms with Crippen molar-refractivity contribution in [2.24, 2.45) is 0 Å². The summed E-state index contributed by atoms with van der Waals surface area (Å²) in [4.78, 5) is 11.8. The van der Waals surface area contributed by atoms with Crippen LogP contribution in [0.25, 0.3) is 0 Å². The number of thioether (sulfide) groups is 1. The fourth-order valence-electron chi connectivity index (χ4n) is 1.51. The van der Waals surface area contributed by atoms with Gasteiger partial charge in [-0.15, -0.1) is 0 Å². The van der Waals surface area contributed by atoms with Crippen molar-refractivity contribution in [3.8, 4) is 0 Å². The van der Waals surface area contributed by atoms with E-state index in [2.05, 4.69) is 23.8 Å². The number of aliphatic hydroxyl groups is 1. The molecule has 0 heterocycles. The molecular weight excluding hydrogens is 260 g/mol. The second-order valence-electron chi connectivity index (χ2n) is 5.12. The molecule has 106 valence electrons. The molecule has 1 aromatic carbocycles. The zero-order valence-corrected chi connectivity index (χ0v) is 12.7. The lowest BCUT2D eigenvalue weighted by atomic mass is 10.1. The van der Waals surface area contributed by atoms with Crippen LogP contribution in [0.1, 0.15) is 31.6 Å². The zero-order chi connectivity index (χ0) is 14.5. The lowest BCUT2D eigenvalue weighted by Crippen LogP contribution is -2.48. The molecule has 1 unspecified atom stereocenters. The van der Waals surface area contributed by atoms with Gasteiger partial charge in [0.2, 0.25) is 0 Å². The van der Waals surface area contributed by atoms with Crippen molar-refractivity contribution in [2.45, 2.75) is 31.6 Å². The Morgan fingerprint density at radius 3 is 2.74 bits per heavy atom. The normalized spacial score (nSPS) is 12.9. The van der Waals surface area contributed by atoms with Crippen molar-refractivity contribution in [2.75, 3.05) is 18.2 Å². The first-order chi connectivity index (χ1) is 8.88. The number of hydrogen-bond acceptors (Lipinski definition) is 3. The minimum atomic E-state index is -0.631. The third-order valence-electron chi connectivity index (χ3n) is 2.81. The molecule has 4 nitrogen and oxygen atoms in total. The van der Waals surface area contributed by atoms with E-state index in [1.54, 1.807) is 25.6 Å². The number of carbonyl (C=O) groups excluding carboxylic acids is 1. The van der Waals surface area contributed by atoms with Gasteiger partial charge in [-0.3, -0.25) is 0 Å². The van der Waals surface area contributed by atoms with Crippen LogP contribution in [-0.2, 0) is 0 Å². The first-order valence-corrected chi connectivity index (χ1v) is 7.49. The molecule has 0 saturated carbocycles. The zero-order valence-electron chi connectivity index (χ0n) is 11.9. The van der Waals surface area contributed by atoms with E-state index in [0.29, 0.717) is 5.25 Å². The van der Waals surface area contributed by atoms with E-state index < -0.39 is 5.54 Å². The molecule has 0 radical (unpaired) electrons. The molecule has 0 bridgehead atoms. The predicted octanol–water partition coefficient (Wildman–Crippen LogP) is 3.00. The third kappa shape index (κ3) is 5.12. The van der Waals surface area contributed by atoms with Crippen molar-refractivity contribution in [3.05, 3.63) is 29.8 Å². The first-order valence-electron chi connectivity index (χ1n) is 6.21. The summed E-state index contributed by atoms with van der Waals surface area (Å²) in [6.45, 7) is 5.54. The number of anilines is 1. The average Bonchev–Trinajstić information content (AvgIpc) is 2.37. The summed E-state index contributed by atoms with van der Waals surface area (Å²) in [5, 5.41) is 15.0. The molecule has 1 atom stereocenters. The van der Waals surface area contributed by atoms with E-state index in [9.17, 15) is 4.79 Å². The maximum absolute atomic E-state index is 11.8. The Hall–Kier alpha value is -1.20. The van der Waals surface area contributed by atoms with Crippen molar-refractivity contribution in [1.29, 1.82) is 0 Å². The Labute approximate surface area is 119 Å². The molecule has 0 aliphatic heterocycles. The van der Waals surface area contributed by atoms with Gasteiger partial charge in [-0.1, -0.05) is 12.1 Å². The molecule has 5 heteroatoms. The molecule has 0 saturated heterocycles. The van der Waals surface area contributed by atoms with Gasteiger partial charge in [-0.2, -0.15) is 11.8 Å². The summed E-state index contributed by atoms with van der Waals surface area (Å²) in [5.74, 6) is 0. The number of carbonyl (C=O) groups is 1. The summed E-state index contributed by atoms with van der Waals surface area (Å²) in [5.41, 5.74) is 1.30. The maximum atomic E-state index is 11.8. The van der Waals surface area contributed by atoms with Crippen LogP contribution in [0.4, 0.5) is 10.5 Å². The highest BCUT2D eigenvalue weighted by Crippen LogP contribution is 2.27. The molecule has 1 rings (SSSR count). The van der Waals surface area contributed by atoms with E-state index in [-0.39, 0.29) is 12.6 Å². The highest BCUT2D eigenvalue weighted by molar-refractivity contribution is 7.98. The van der Waals surface area contributed by atoms with Crippen LogP contribution in [0.2, 0.25) is 0 Å². The maximum Gasteiger partial charge on any atom is 0.319 e. The van der Waals surface area contributed by atoms with Gasteiger partial charge in [0.05, 0.1) is 12.1 Å². The van der Waals surface area contributed by atoms with E-state index in [1.165, 1.54) is 5.56 Å². The number of benzene rings is 1. The minimum absolute atomic E-state index is 0.107. The Balaban J connectivity index is 2.69. The number of aliphatic hydroxyl groups excluding tert-OH is 1. The molecule has 0 fully saturated rings. The molecule has 0 aliphatic rings. The van der Waals surface area contributed by atoms with Crippen molar-refractivity contribution >= 4 is 23.5 Å². The van der Waals surface area contributed by atoms with E-state index in [0.717, 1.165) is 5.69 Å². The van der Waals surface area contributed by atoms with Gasteiger partial charge in [0, 0.05) is 10.9 Å². The SMILES string of the molecule is CSC(C)c1cccc(NC(=O)NC(C)(C)CO)c1. The summed E-state index contributed by atoms with van der Waals surface area (Å²) >= 11 is 1.76. The van der Waals surface area contributed by atoms with Gasteiger partial charge in [-0.25, -0.2) is 4.79 Å². The second kappa shape index (κ2) is 6.82. The van der Waals surface area contributed by atoms with Crippen molar-refractivity contribution < 1.29 is 9.90 Å². The molecule has 0 aliphatic carbocycles. The molecular formula is C14H22N2O2S. The minimum Gasteiger partial charge on any atom is -0.394 e. The van der Waals surface area contributed by atoms with Crippen LogP contribution in [0.3, 0.4) is 0 Å². The fourth-order valence-corrected chi connectivity index (χ4v) is 1.93. The lowest BCUT2D eigenvalue weighted by molar-refractivity contribution is 0.187. The summed E-state index contributed by atoms with van der Waals surface area (Å²) in [7, 11) is 0. The van der Waals surface area contributed by atoms with Gasteiger partial charge < -0.3 is 15.7 Å². The van der Waals surface area contributed by atoms with E-state index >= 15 is 0 Å². The van der Waals surface area contributed by atoms with Gasteiger partial charge in [0.1, 0.15) is 0 Å². The largest absolute Gasteiger partial charge is 0.394 e. The summed E-state index contributed by atoms with van der Waals surface area (Å²) < 4.78 is 0. The molecule has 2 amide bonds. The fraction of sp³-hybridized carbons (Fsp3) is 0.500. The highest BCUT2D eigenvalue weighted by Gasteiger charge is 2.19. The number of nitrogens with one attached hydrogen (secondary N) is 2. The molecule has 0 aromatic heterocycles. The topological polar surface area (TPSA) is 61.4 Å². The Morgan fingerprint density at radius 1 is 1.47 bits per heavy atom. The van der Waals surface area contributed by atoms with Crippen LogP contribution in [0.5, 0.6) is 0 Å². The van der Waals surface area contributed by atoms with Crippen molar-refractivity contribution in [3.63, 3.8) is 0 Å². The first kappa shape index (κ1) is 15.9. The molecule has 0 spiro atoms. The lowest BCUT2D eigenvalue weighted by Gasteiger charge is -2.23. The Kier molecular flexibility index (Phi) is 5.69. The van der Waals surface area contributed by atoms with Crippen LogP contribution in [0.15, 0.2) is 24.3 Å². The molecule has 3 N–H and O–H groups in total. The number of urea groups is 1.